The Balaban J connectivity index is 1.39. The summed E-state index contributed by atoms with van der Waals surface area (Å²) >= 11 is 7.41. The molecule has 0 aliphatic carbocycles. The Morgan fingerprint density at radius 2 is 1.42 bits per heavy atom. The highest BCUT2D eigenvalue weighted by Crippen LogP contribution is 2.34. The van der Waals surface area contributed by atoms with E-state index in [1.165, 1.54) is 23.9 Å². The van der Waals surface area contributed by atoms with Gasteiger partial charge in [0.1, 0.15) is 0 Å². The summed E-state index contributed by atoms with van der Waals surface area (Å²) in [5, 5.41) is 5.37. The molecule has 0 aliphatic heterocycles. The minimum absolute atomic E-state index is 0.196. The average Bonchev–Trinajstić information content (AvgIpc) is 2.84. The number of hydrogen-bond acceptors (Lipinski definition) is 5. The first-order valence-corrected chi connectivity index (χ1v) is 11.7. The maximum atomic E-state index is 13.0. The lowest BCUT2D eigenvalue weighted by Crippen LogP contribution is -2.23. The molecule has 0 saturated carbocycles. The van der Waals surface area contributed by atoms with Crippen LogP contribution >= 0.6 is 23.4 Å². The Morgan fingerprint density at radius 1 is 0.806 bits per heavy atom. The van der Waals surface area contributed by atoms with Crippen molar-refractivity contribution in [3.8, 4) is 0 Å². The maximum absolute atomic E-state index is 13.0. The molecule has 188 valence electrons. The highest BCUT2D eigenvalue weighted by molar-refractivity contribution is 7.99. The number of rotatable bonds is 9. The molecule has 3 rings (SSSR count). The number of hydrogen-bond donors (Lipinski definition) is 2. The Bertz CT molecular complexity index is 1220. The molecule has 0 aromatic heterocycles. The van der Waals surface area contributed by atoms with Gasteiger partial charge in [0.15, 0.2) is 6.61 Å². The smallest absolute Gasteiger partial charge is 0.418 e. The highest BCUT2D eigenvalue weighted by Gasteiger charge is 2.33. The molecular formula is C25H20ClF3N2O4S. The van der Waals surface area contributed by atoms with Gasteiger partial charge in [0.05, 0.1) is 17.7 Å². The van der Waals surface area contributed by atoms with Gasteiger partial charge in [-0.05, 0) is 60.7 Å². The molecule has 0 saturated heterocycles. The van der Waals surface area contributed by atoms with Gasteiger partial charge in [0.25, 0.3) is 5.91 Å². The van der Waals surface area contributed by atoms with Crippen LogP contribution in [0.1, 0.15) is 18.4 Å². The van der Waals surface area contributed by atoms with Crippen molar-refractivity contribution in [1.82, 2.24) is 0 Å². The van der Waals surface area contributed by atoms with Gasteiger partial charge < -0.3 is 15.4 Å². The zero-order valence-electron chi connectivity index (χ0n) is 18.6. The Morgan fingerprint density at radius 3 is 2.06 bits per heavy atom. The molecule has 36 heavy (non-hydrogen) atoms. The molecule has 0 bridgehead atoms. The van der Waals surface area contributed by atoms with Crippen molar-refractivity contribution < 1.29 is 32.3 Å². The lowest BCUT2D eigenvalue weighted by Gasteiger charge is -2.13. The fourth-order valence-corrected chi connectivity index (χ4v) is 3.87. The van der Waals surface area contributed by atoms with Crippen molar-refractivity contribution in [2.24, 2.45) is 0 Å². The first kappa shape index (κ1) is 27.1. The molecule has 0 spiro atoms. The number of amides is 2. The van der Waals surface area contributed by atoms with Crippen LogP contribution in [0.25, 0.3) is 0 Å². The lowest BCUT2D eigenvalue weighted by molar-refractivity contribution is -0.148. The summed E-state index contributed by atoms with van der Waals surface area (Å²) in [5.41, 5.74) is -0.919. The van der Waals surface area contributed by atoms with E-state index >= 15 is 0 Å². The number of carbonyl (C=O) groups excluding carboxylic acids is 3. The molecule has 0 atom stereocenters. The third-order valence-electron chi connectivity index (χ3n) is 4.61. The number of ether oxygens (including phenoxy) is 1. The van der Waals surface area contributed by atoms with Gasteiger partial charge in [-0.25, -0.2) is 0 Å². The second-order valence-corrected chi connectivity index (χ2v) is 8.96. The van der Waals surface area contributed by atoms with E-state index in [2.05, 4.69) is 10.6 Å². The quantitative estimate of drug-likeness (QED) is 0.309. The maximum Gasteiger partial charge on any atom is 0.418 e. The molecule has 6 nitrogen and oxygen atoms in total. The number of esters is 1. The third-order valence-corrected chi connectivity index (χ3v) is 5.88. The van der Waals surface area contributed by atoms with Gasteiger partial charge in [-0.2, -0.15) is 13.2 Å². The summed E-state index contributed by atoms with van der Waals surface area (Å²) in [4.78, 5) is 37.8. The van der Waals surface area contributed by atoms with Gasteiger partial charge in [-0.1, -0.05) is 35.5 Å². The lowest BCUT2D eigenvalue weighted by atomic mass is 10.1. The second kappa shape index (κ2) is 12.5. The number of halogens is 4. The molecule has 2 N–H and O–H groups in total. The molecular weight excluding hydrogens is 517 g/mol. The summed E-state index contributed by atoms with van der Waals surface area (Å²) in [6, 6.07) is 18.9. The Hall–Kier alpha value is -3.50. The Kier molecular flexibility index (Phi) is 9.38. The minimum atomic E-state index is -4.65. The van der Waals surface area contributed by atoms with Crippen LogP contribution < -0.4 is 10.6 Å². The zero-order chi connectivity index (χ0) is 26.1. The van der Waals surface area contributed by atoms with E-state index in [9.17, 15) is 27.6 Å². The van der Waals surface area contributed by atoms with Crippen LogP contribution in [0.5, 0.6) is 0 Å². The van der Waals surface area contributed by atoms with Crippen LogP contribution in [0.4, 0.5) is 24.5 Å². The average molecular weight is 537 g/mol. The number of alkyl halides is 3. The van der Waals surface area contributed by atoms with Crippen LogP contribution in [0.3, 0.4) is 0 Å². The van der Waals surface area contributed by atoms with Gasteiger partial charge >= 0.3 is 12.1 Å². The van der Waals surface area contributed by atoms with Crippen molar-refractivity contribution in [3.05, 3.63) is 83.4 Å². The van der Waals surface area contributed by atoms with E-state index in [1.807, 2.05) is 24.3 Å². The van der Waals surface area contributed by atoms with Crippen LogP contribution in [0, 0.1) is 0 Å². The third kappa shape index (κ3) is 8.62. The first-order valence-electron chi connectivity index (χ1n) is 10.6. The number of anilines is 2. The van der Waals surface area contributed by atoms with E-state index in [0.717, 1.165) is 21.9 Å². The predicted octanol–water partition coefficient (Wildman–Crippen LogP) is 6.41. The summed E-state index contributed by atoms with van der Waals surface area (Å²) in [5.74, 6) is -2.20. The molecule has 0 fully saturated rings. The molecule has 11 heteroatoms. The molecule has 0 unspecified atom stereocenters. The number of benzene rings is 3. The predicted molar refractivity (Wildman–Crippen MR) is 131 cm³/mol. The van der Waals surface area contributed by atoms with E-state index in [0.29, 0.717) is 10.7 Å². The van der Waals surface area contributed by atoms with Crippen LogP contribution in [0.2, 0.25) is 5.02 Å². The number of para-hydroxylation sites is 1. The fourth-order valence-electron chi connectivity index (χ4n) is 2.93. The van der Waals surface area contributed by atoms with E-state index in [-0.39, 0.29) is 12.8 Å². The van der Waals surface area contributed by atoms with E-state index < -0.39 is 41.8 Å². The van der Waals surface area contributed by atoms with Crippen LogP contribution in [0.15, 0.2) is 82.6 Å². The van der Waals surface area contributed by atoms with Crippen LogP contribution in [-0.4, -0.2) is 24.4 Å². The van der Waals surface area contributed by atoms with Gasteiger partial charge in [0.2, 0.25) is 5.91 Å². The topological polar surface area (TPSA) is 84.5 Å². The number of carbonyl (C=O) groups is 3. The molecule has 2 amide bonds. The monoisotopic (exact) mass is 536 g/mol. The largest absolute Gasteiger partial charge is 0.456 e. The summed E-state index contributed by atoms with van der Waals surface area (Å²) in [7, 11) is 0. The van der Waals surface area contributed by atoms with Crippen molar-refractivity contribution in [3.63, 3.8) is 0 Å². The SMILES string of the molecule is O=C(CCC(=O)OCC(=O)Nc1ccccc1C(F)(F)F)Nc1ccc(Sc2ccc(Cl)cc2)cc1. The van der Waals surface area contributed by atoms with Crippen molar-refractivity contribution in [2.75, 3.05) is 17.2 Å². The van der Waals surface area contributed by atoms with E-state index in [4.69, 9.17) is 16.3 Å². The summed E-state index contributed by atoms with van der Waals surface area (Å²) in [6.45, 7) is -0.778. The number of nitrogens with one attached hydrogen (secondary N) is 2. The highest BCUT2D eigenvalue weighted by atomic mass is 35.5. The van der Waals surface area contributed by atoms with Gasteiger partial charge in [-0.15, -0.1) is 0 Å². The second-order valence-electron chi connectivity index (χ2n) is 7.38. The van der Waals surface area contributed by atoms with Crippen molar-refractivity contribution in [2.45, 2.75) is 28.8 Å². The van der Waals surface area contributed by atoms with E-state index in [1.54, 1.807) is 24.3 Å². The normalized spacial score (nSPS) is 11.0. The zero-order valence-corrected chi connectivity index (χ0v) is 20.2. The van der Waals surface area contributed by atoms with Crippen LogP contribution in [-0.2, 0) is 25.3 Å². The van der Waals surface area contributed by atoms with Crippen molar-refractivity contribution in [1.29, 1.82) is 0 Å². The summed E-state index contributed by atoms with van der Waals surface area (Å²) < 4.78 is 43.7. The summed E-state index contributed by atoms with van der Waals surface area (Å²) in [6.07, 6.45) is -5.15. The van der Waals surface area contributed by atoms with Gasteiger partial charge in [0, 0.05) is 26.9 Å². The first-order chi connectivity index (χ1) is 17.1. The molecule has 0 radical (unpaired) electrons. The van der Waals surface area contributed by atoms with Crippen molar-refractivity contribution >= 4 is 52.5 Å². The molecule has 3 aromatic rings. The standard InChI is InChI=1S/C25H20ClF3N2O4S/c26-16-5-9-18(10-6-16)36-19-11-7-17(8-12-19)30-22(32)13-14-24(34)35-15-23(33)31-21-4-2-1-3-20(21)25(27,28)29/h1-12H,13-15H2,(H,30,32)(H,31,33). The Labute approximate surface area is 214 Å². The van der Waals surface area contributed by atoms with Gasteiger partial charge in [-0.3, -0.25) is 14.4 Å². The molecule has 3 aromatic carbocycles. The molecule has 0 heterocycles. The molecule has 0 aliphatic rings. The fraction of sp³-hybridized carbons (Fsp3) is 0.160. The minimum Gasteiger partial charge on any atom is -0.456 e.